The van der Waals surface area contributed by atoms with E-state index in [1.165, 1.54) is 12.0 Å². The lowest BCUT2D eigenvalue weighted by Crippen LogP contribution is -2.50. The number of nitrogens with zero attached hydrogens (tertiary/aromatic N) is 1. The number of aromatic nitrogens is 1. The highest BCUT2D eigenvalue weighted by Crippen LogP contribution is 2.41. The zero-order valence-electron chi connectivity index (χ0n) is 13.7. The van der Waals surface area contributed by atoms with Gasteiger partial charge in [-0.15, -0.1) is 0 Å². The molecule has 0 unspecified atom stereocenters. The molecule has 126 valence electrons. The Kier molecular flexibility index (Phi) is 5.13. The first-order valence-corrected chi connectivity index (χ1v) is 8.22. The molecule has 1 saturated carbocycles. The standard InChI is InChI=1S/C17H24N2O4/c1-11(2)5-8-22-14-6-7-21-9-13(14)19-17(20)15-16(12-3-4-12)23-10-18-15/h5,10,12-14H,3-4,6-9H2,1-2H3,(H,19,20)/t13-,14+/m0/s1. The Hall–Kier alpha value is -1.66. The number of rotatable bonds is 6. The van der Waals surface area contributed by atoms with E-state index in [-0.39, 0.29) is 18.1 Å². The van der Waals surface area contributed by atoms with E-state index in [0.29, 0.717) is 37.2 Å². The molecule has 2 atom stereocenters. The van der Waals surface area contributed by atoms with E-state index in [2.05, 4.69) is 10.3 Å². The number of hydrogen-bond donors (Lipinski definition) is 1. The van der Waals surface area contributed by atoms with Gasteiger partial charge in [0.25, 0.3) is 5.91 Å². The van der Waals surface area contributed by atoms with Gasteiger partial charge < -0.3 is 19.2 Å². The third-order valence-electron chi connectivity index (χ3n) is 4.17. The molecular formula is C17H24N2O4. The minimum absolute atomic E-state index is 0.0421. The maximum Gasteiger partial charge on any atom is 0.273 e. The van der Waals surface area contributed by atoms with Gasteiger partial charge in [-0.3, -0.25) is 4.79 Å². The fourth-order valence-electron chi connectivity index (χ4n) is 2.69. The lowest BCUT2D eigenvalue weighted by atomic mass is 10.1. The molecule has 2 aliphatic rings. The number of amides is 1. The van der Waals surface area contributed by atoms with Crippen molar-refractivity contribution in [2.24, 2.45) is 0 Å². The molecule has 1 N–H and O–H groups in total. The summed E-state index contributed by atoms with van der Waals surface area (Å²) in [5, 5.41) is 3.00. The summed E-state index contributed by atoms with van der Waals surface area (Å²) in [6, 6.07) is -0.162. The third-order valence-corrected chi connectivity index (χ3v) is 4.17. The molecule has 1 aliphatic carbocycles. The van der Waals surface area contributed by atoms with Crippen molar-refractivity contribution in [3.63, 3.8) is 0 Å². The van der Waals surface area contributed by atoms with Gasteiger partial charge in [-0.2, -0.15) is 0 Å². The second-order valence-corrected chi connectivity index (χ2v) is 6.44. The zero-order valence-corrected chi connectivity index (χ0v) is 13.7. The summed E-state index contributed by atoms with van der Waals surface area (Å²) in [6.45, 7) is 5.74. The monoisotopic (exact) mass is 320 g/mol. The first-order valence-electron chi connectivity index (χ1n) is 8.22. The van der Waals surface area contributed by atoms with Crippen LogP contribution in [0.2, 0.25) is 0 Å². The molecule has 1 aromatic rings. The van der Waals surface area contributed by atoms with Gasteiger partial charge in [0.1, 0.15) is 5.76 Å². The van der Waals surface area contributed by atoms with Gasteiger partial charge in [0.15, 0.2) is 12.1 Å². The number of carbonyl (C=O) groups excluding carboxylic acids is 1. The average Bonchev–Trinajstić information content (AvgIpc) is 3.25. The van der Waals surface area contributed by atoms with Gasteiger partial charge in [0.2, 0.25) is 0 Å². The lowest BCUT2D eigenvalue weighted by Gasteiger charge is -2.31. The predicted molar refractivity (Wildman–Crippen MR) is 84.3 cm³/mol. The highest BCUT2D eigenvalue weighted by Gasteiger charge is 2.34. The van der Waals surface area contributed by atoms with Crippen molar-refractivity contribution < 1.29 is 18.7 Å². The predicted octanol–water partition coefficient (Wildman–Crippen LogP) is 2.42. The van der Waals surface area contributed by atoms with Gasteiger partial charge in [0, 0.05) is 12.5 Å². The molecule has 6 heteroatoms. The largest absolute Gasteiger partial charge is 0.447 e. The number of carbonyl (C=O) groups is 1. The van der Waals surface area contributed by atoms with Crippen LogP contribution in [0.3, 0.4) is 0 Å². The Labute approximate surface area is 136 Å². The molecule has 1 amide bonds. The average molecular weight is 320 g/mol. The Morgan fingerprint density at radius 2 is 2.26 bits per heavy atom. The fraction of sp³-hybridized carbons (Fsp3) is 0.647. The van der Waals surface area contributed by atoms with Crippen molar-refractivity contribution in [3.8, 4) is 0 Å². The molecule has 0 bridgehead atoms. The smallest absolute Gasteiger partial charge is 0.273 e. The fourth-order valence-corrected chi connectivity index (χ4v) is 2.69. The SMILES string of the molecule is CC(C)=CCO[C@@H]1CCOC[C@@H]1NC(=O)c1ncoc1C1CC1. The van der Waals surface area contributed by atoms with E-state index in [1.54, 1.807) is 0 Å². The quantitative estimate of drug-likeness (QED) is 0.815. The number of nitrogens with one attached hydrogen (secondary N) is 1. The summed E-state index contributed by atoms with van der Waals surface area (Å²) < 4.78 is 16.8. The van der Waals surface area contributed by atoms with Crippen LogP contribution in [0.4, 0.5) is 0 Å². The molecule has 0 spiro atoms. The van der Waals surface area contributed by atoms with Crippen LogP contribution >= 0.6 is 0 Å². The van der Waals surface area contributed by atoms with Gasteiger partial charge in [0.05, 0.1) is 25.4 Å². The van der Waals surface area contributed by atoms with Crippen LogP contribution in [0, 0.1) is 0 Å². The van der Waals surface area contributed by atoms with Crippen LogP contribution in [0.15, 0.2) is 22.5 Å². The van der Waals surface area contributed by atoms with Crippen LogP contribution in [0.25, 0.3) is 0 Å². The third kappa shape index (κ3) is 4.20. The second kappa shape index (κ2) is 7.27. The Morgan fingerprint density at radius 3 is 3.00 bits per heavy atom. The van der Waals surface area contributed by atoms with Crippen molar-refractivity contribution >= 4 is 5.91 Å². The van der Waals surface area contributed by atoms with E-state index >= 15 is 0 Å². The summed E-state index contributed by atoms with van der Waals surface area (Å²) in [5.74, 6) is 0.860. The maximum atomic E-state index is 12.5. The first-order chi connectivity index (χ1) is 11.1. The van der Waals surface area contributed by atoms with E-state index in [9.17, 15) is 4.79 Å². The van der Waals surface area contributed by atoms with Crippen molar-refractivity contribution in [2.45, 2.75) is 51.2 Å². The maximum absolute atomic E-state index is 12.5. The highest BCUT2D eigenvalue weighted by molar-refractivity contribution is 5.93. The molecule has 2 fully saturated rings. The summed E-state index contributed by atoms with van der Waals surface area (Å²) >= 11 is 0. The Bertz CT molecular complexity index is 573. The molecule has 1 aliphatic heterocycles. The first kappa shape index (κ1) is 16.2. The Balaban J connectivity index is 1.60. The summed E-state index contributed by atoms with van der Waals surface area (Å²) in [7, 11) is 0. The van der Waals surface area contributed by atoms with Crippen LogP contribution < -0.4 is 5.32 Å². The van der Waals surface area contributed by atoms with Gasteiger partial charge in [-0.05, 0) is 33.1 Å². The minimum atomic E-state index is -0.202. The molecule has 1 aromatic heterocycles. The summed E-state index contributed by atoms with van der Waals surface area (Å²) in [4.78, 5) is 16.6. The lowest BCUT2D eigenvalue weighted by molar-refractivity contribution is -0.0458. The van der Waals surface area contributed by atoms with E-state index in [0.717, 1.165) is 19.3 Å². The number of allylic oxidation sites excluding steroid dienone is 1. The van der Waals surface area contributed by atoms with Crippen molar-refractivity contribution in [1.29, 1.82) is 0 Å². The van der Waals surface area contributed by atoms with E-state index < -0.39 is 0 Å². The van der Waals surface area contributed by atoms with Crippen molar-refractivity contribution in [1.82, 2.24) is 10.3 Å². The molecule has 0 aromatic carbocycles. The van der Waals surface area contributed by atoms with Crippen molar-refractivity contribution in [3.05, 3.63) is 29.5 Å². The number of oxazole rings is 1. The minimum Gasteiger partial charge on any atom is -0.447 e. The summed E-state index contributed by atoms with van der Waals surface area (Å²) in [6.07, 6.45) is 6.25. The molecule has 0 radical (unpaired) electrons. The number of hydrogen-bond acceptors (Lipinski definition) is 5. The topological polar surface area (TPSA) is 73.6 Å². The Morgan fingerprint density at radius 1 is 1.43 bits per heavy atom. The normalized spacial score (nSPS) is 24.3. The van der Waals surface area contributed by atoms with Gasteiger partial charge in [-0.1, -0.05) is 11.6 Å². The summed E-state index contributed by atoms with van der Waals surface area (Å²) in [5.41, 5.74) is 1.62. The molecule has 1 saturated heterocycles. The molecule has 6 nitrogen and oxygen atoms in total. The van der Waals surface area contributed by atoms with Crippen molar-refractivity contribution in [2.75, 3.05) is 19.8 Å². The van der Waals surface area contributed by atoms with Crippen LogP contribution in [0.5, 0.6) is 0 Å². The second-order valence-electron chi connectivity index (χ2n) is 6.44. The molecule has 3 rings (SSSR count). The van der Waals surface area contributed by atoms with Gasteiger partial charge >= 0.3 is 0 Å². The van der Waals surface area contributed by atoms with Crippen LogP contribution in [-0.2, 0) is 9.47 Å². The van der Waals surface area contributed by atoms with Crippen LogP contribution in [0.1, 0.15) is 55.3 Å². The molecule has 23 heavy (non-hydrogen) atoms. The van der Waals surface area contributed by atoms with E-state index in [1.807, 2.05) is 19.9 Å². The van der Waals surface area contributed by atoms with Crippen LogP contribution in [-0.4, -0.2) is 42.9 Å². The highest BCUT2D eigenvalue weighted by atomic mass is 16.5. The molecular weight excluding hydrogens is 296 g/mol. The number of ether oxygens (including phenoxy) is 2. The molecule has 2 heterocycles. The van der Waals surface area contributed by atoms with E-state index in [4.69, 9.17) is 13.9 Å². The van der Waals surface area contributed by atoms with Gasteiger partial charge in [-0.25, -0.2) is 4.98 Å². The zero-order chi connectivity index (χ0) is 16.2.